The monoisotopic (exact) mass is 290 g/mol. The number of fused-ring (bicyclic) bond motifs is 7. The van der Waals surface area contributed by atoms with Gasteiger partial charge in [0.25, 0.3) is 0 Å². The standard InChI is InChI=1S/C19H30O2/c1-18-7-5-12(20)9-11(18)3-4-13-14(18)6-8-19(2)15(13)10-16-17(19)21-16/h11-17,20H,3-10H2,1-2H3/t11?,12?,13-,14-,15+,16?,17?,18+,19+/m1/s1. The molecule has 0 aromatic heterocycles. The Balaban J connectivity index is 1.46. The summed E-state index contributed by atoms with van der Waals surface area (Å²) in [7, 11) is 0. The lowest BCUT2D eigenvalue weighted by Crippen LogP contribution is -2.54. The zero-order valence-electron chi connectivity index (χ0n) is 13.6. The Bertz CT molecular complexity index is 462. The minimum atomic E-state index is -0.0130. The first-order valence-corrected chi connectivity index (χ1v) is 9.36. The van der Waals surface area contributed by atoms with Gasteiger partial charge >= 0.3 is 0 Å². The van der Waals surface area contributed by atoms with E-state index in [9.17, 15) is 5.11 Å². The van der Waals surface area contributed by atoms with Crippen molar-refractivity contribution in [3.63, 3.8) is 0 Å². The number of hydrogen-bond acceptors (Lipinski definition) is 2. The predicted octanol–water partition coefficient (Wildman–Crippen LogP) is 3.77. The van der Waals surface area contributed by atoms with Crippen molar-refractivity contribution in [1.29, 1.82) is 0 Å². The van der Waals surface area contributed by atoms with Crippen LogP contribution in [-0.2, 0) is 4.74 Å². The normalized spacial score (nSPS) is 65.0. The summed E-state index contributed by atoms with van der Waals surface area (Å²) in [5, 5.41) is 10.1. The molecule has 0 spiro atoms. The Morgan fingerprint density at radius 1 is 0.905 bits per heavy atom. The lowest BCUT2D eigenvalue weighted by Gasteiger charge is -2.60. The van der Waals surface area contributed by atoms with E-state index < -0.39 is 0 Å². The van der Waals surface area contributed by atoms with Crippen molar-refractivity contribution in [2.45, 2.75) is 83.5 Å². The van der Waals surface area contributed by atoms with Crippen molar-refractivity contribution < 1.29 is 9.84 Å². The molecule has 0 radical (unpaired) electrons. The first kappa shape index (κ1) is 13.4. The van der Waals surface area contributed by atoms with Gasteiger partial charge in [-0.25, -0.2) is 0 Å². The second kappa shape index (κ2) is 4.06. The van der Waals surface area contributed by atoms with Gasteiger partial charge in [0.15, 0.2) is 0 Å². The molecule has 118 valence electrons. The van der Waals surface area contributed by atoms with Crippen LogP contribution in [-0.4, -0.2) is 23.4 Å². The lowest BCUT2D eigenvalue weighted by molar-refractivity contribution is -0.131. The Morgan fingerprint density at radius 2 is 1.71 bits per heavy atom. The molecule has 21 heavy (non-hydrogen) atoms. The smallest absolute Gasteiger partial charge is 0.0898 e. The second-order valence-corrected chi connectivity index (χ2v) is 9.46. The number of aliphatic hydroxyl groups is 1. The molecule has 9 atom stereocenters. The summed E-state index contributed by atoms with van der Waals surface area (Å²) in [6.45, 7) is 5.11. The molecule has 4 saturated carbocycles. The summed E-state index contributed by atoms with van der Waals surface area (Å²) in [4.78, 5) is 0. The van der Waals surface area contributed by atoms with Crippen molar-refractivity contribution >= 4 is 0 Å². The summed E-state index contributed by atoms with van der Waals surface area (Å²) in [5.74, 6) is 3.61. The molecule has 5 fully saturated rings. The Kier molecular flexibility index (Phi) is 2.58. The van der Waals surface area contributed by atoms with E-state index >= 15 is 0 Å². The molecule has 0 aromatic carbocycles. The first-order valence-electron chi connectivity index (χ1n) is 9.36. The van der Waals surface area contributed by atoms with Crippen LogP contribution in [0.1, 0.15) is 65.2 Å². The summed E-state index contributed by atoms with van der Waals surface area (Å²) in [6.07, 6.45) is 11.6. The van der Waals surface area contributed by atoms with Crippen LogP contribution < -0.4 is 0 Å². The van der Waals surface area contributed by atoms with Crippen molar-refractivity contribution in [3.05, 3.63) is 0 Å². The highest BCUT2D eigenvalue weighted by molar-refractivity contribution is 5.16. The molecule has 5 aliphatic rings. The van der Waals surface area contributed by atoms with Gasteiger partial charge < -0.3 is 9.84 Å². The molecule has 1 heterocycles. The van der Waals surface area contributed by atoms with E-state index in [1.54, 1.807) is 0 Å². The van der Waals surface area contributed by atoms with Gasteiger partial charge in [-0.3, -0.25) is 0 Å². The molecule has 2 heteroatoms. The van der Waals surface area contributed by atoms with Gasteiger partial charge in [0, 0.05) is 0 Å². The highest BCUT2D eigenvalue weighted by Crippen LogP contribution is 2.69. The van der Waals surface area contributed by atoms with Crippen molar-refractivity contribution in [2.24, 2.45) is 34.5 Å². The summed E-state index contributed by atoms with van der Waals surface area (Å²) in [5.41, 5.74) is 1.03. The predicted molar refractivity (Wildman–Crippen MR) is 81.8 cm³/mol. The van der Waals surface area contributed by atoms with Gasteiger partial charge in [-0.1, -0.05) is 13.8 Å². The summed E-state index contributed by atoms with van der Waals surface area (Å²) >= 11 is 0. The third-order valence-electron chi connectivity index (χ3n) is 8.79. The lowest BCUT2D eigenvalue weighted by atomic mass is 9.45. The van der Waals surface area contributed by atoms with E-state index in [-0.39, 0.29) is 6.10 Å². The van der Waals surface area contributed by atoms with E-state index in [1.807, 2.05) is 0 Å². The third kappa shape index (κ3) is 1.62. The van der Waals surface area contributed by atoms with E-state index in [2.05, 4.69) is 13.8 Å². The van der Waals surface area contributed by atoms with E-state index in [0.717, 1.165) is 36.5 Å². The fourth-order valence-corrected chi connectivity index (χ4v) is 7.53. The molecule has 0 bridgehead atoms. The number of ether oxygens (including phenoxy) is 1. The fraction of sp³-hybridized carbons (Fsp3) is 1.00. The van der Waals surface area contributed by atoms with Crippen LogP contribution in [0.4, 0.5) is 0 Å². The SMILES string of the molecule is C[C@]12CCC(O)CC1CC[C@@H]1[C@H]2CC[C@]2(C)C3OC3C[C@@H]12. The summed E-state index contributed by atoms with van der Waals surface area (Å²) in [6, 6.07) is 0. The van der Waals surface area contributed by atoms with E-state index in [1.165, 1.54) is 38.5 Å². The number of epoxide rings is 1. The van der Waals surface area contributed by atoms with Crippen molar-refractivity contribution in [1.82, 2.24) is 0 Å². The molecule has 2 nitrogen and oxygen atoms in total. The number of hydrogen-bond donors (Lipinski definition) is 1. The Hall–Kier alpha value is -0.0800. The van der Waals surface area contributed by atoms with Gasteiger partial charge in [0.05, 0.1) is 18.3 Å². The molecular formula is C19H30O2. The van der Waals surface area contributed by atoms with Crippen LogP contribution in [0, 0.1) is 34.5 Å². The highest BCUT2D eigenvalue weighted by Gasteiger charge is 2.68. The molecule has 0 amide bonds. The van der Waals surface area contributed by atoms with Gasteiger partial charge in [0.1, 0.15) is 0 Å². The van der Waals surface area contributed by atoms with Crippen LogP contribution in [0.2, 0.25) is 0 Å². The zero-order valence-corrected chi connectivity index (χ0v) is 13.6. The van der Waals surface area contributed by atoms with Crippen LogP contribution in [0.15, 0.2) is 0 Å². The van der Waals surface area contributed by atoms with Gasteiger partial charge in [0.2, 0.25) is 0 Å². The van der Waals surface area contributed by atoms with E-state index in [4.69, 9.17) is 4.74 Å². The Morgan fingerprint density at radius 3 is 2.57 bits per heavy atom. The minimum absolute atomic E-state index is 0.0130. The fourth-order valence-electron chi connectivity index (χ4n) is 7.53. The zero-order chi connectivity index (χ0) is 14.4. The maximum absolute atomic E-state index is 10.1. The molecule has 5 rings (SSSR count). The summed E-state index contributed by atoms with van der Waals surface area (Å²) < 4.78 is 5.92. The maximum Gasteiger partial charge on any atom is 0.0898 e. The van der Waals surface area contributed by atoms with Gasteiger partial charge in [-0.05, 0) is 85.9 Å². The largest absolute Gasteiger partial charge is 0.393 e. The maximum atomic E-state index is 10.1. The van der Waals surface area contributed by atoms with Gasteiger partial charge in [-0.2, -0.15) is 0 Å². The molecule has 4 unspecified atom stereocenters. The first-order chi connectivity index (χ1) is 10.0. The van der Waals surface area contributed by atoms with Crippen LogP contribution >= 0.6 is 0 Å². The van der Waals surface area contributed by atoms with Gasteiger partial charge in [-0.15, -0.1) is 0 Å². The molecule has 1 aliphatic heterocycles. The van der Waals surface area contributed by atoms with Crippen molar-refractivity contribution in [3.8, 4) is 0 Å². The number of aliphatic hydroxyl groups excluding tert-OH is 1. The quantitative estimate of drug-likeness (QED) is 0.689. The van der Waals surface area contributed by atoms with Crippen molar-refractivity contribution in [2.75, 3.05) is 0 Å². The minimum Gasteiger partial charge on any atom is -0.393 e. The molecule has 1 N–H and O–H groups in total. The average molecular weight is 290 g/mol. The highest BCUT2D eigenvalue weighted by atomic mass is 16.6. The average Bonchev–Trinajstić information content (AvgIpc) is 3.17. The van der Waals surface area contributed by atoms with E-state index in [0.29, 0.717) is 23.0 Å². The molecule has 1 saturated heterocycles. The number of rotatable bonds is 0. The van der Waals surface area contributed by atoms with Crippen LogP contribution in [0.3, 0.4) is 0 Å². The van der Waals surface area contributed by atoms with Crippen LogP contribution in [0.25, 0.3) is 0 Å². The second-order valence-electron chi connectivity index (χ2n) is 9.46. The molecule has 4 aliphatic carbocycles. The molecular weight excluding hydrogens is 260 g/mol. The molecule has 0 aromatic rings. The van der Waals surface area contributed by atoms with Crippen LogP contribution in [0.5, 0.6) is 0 Å². The topological polar surface area (TPSA) is 32.8 Å². The third-order valence-corrected chi connectivity index (χ3v) is 8.79. The Labute approximate surface area is 128 Å².